The van der Waals surface area contributed by atoms with E-state index in [2.05, 4.69) is 121 Å². The van der Waals surface area contributed by atoms with Gasteiger partial charge in [0.1, 0.15) is 23.0 Å². The second kappa shape index (κ2) is 12.5. The fraction of sp³-hybridized carbons (Fsp3) is 0.0370. The molecule has 0 saturated carbocycles. The molecule has 0 unspecified atom stereocenters. The van der Waals surface area contributed by atoms with Crippen LogP contribution in [0.1, 0.15) is 44.5 Å². The number of fused-ring (bicyclic) bond motifs is 6. The molecule has 4 N–H and O–H groups in total. The third-order valence-electron chi connectivity index (χ3n) is 12.5. The Morgan fingerprint density at radius 1 is 0.224 bits per heavy atom. The van der Waals surface area contributed by atoms with Crippen molar-refractivity contribution in [2.75, 3.05) is 0 Å². The summed E-state index contributed by atoms with van der Waals surface area (Å²) in [6, 6.07) is 66.1. The van der Waals surface area contributed by atoms with Gasteiger partial charge in [0.25, 0.3) is 0 Å². The highest BCUT2D eigenvalue weighted by atomic mass is 16.3. The van der Waals surface area contributed by atoms with Crippen LogP contribution in [0.15, 0.2) is 194 Å². The van der Waals surface area contributed by atoms with Crippen LogP contribution in [0.2, 0.25) is 0 Å². The van der Waals surface area contributed by atoms with Crippen molar-refractivity contribution in [3.05, 3.63) is 239 Å². The Kier molecular flexibility index (Phi) is 7.26. The number of phenolic OH excluding ortho intramolecular Hbond substituents is 4. The molecule has 10 aromatic rings. The zero-order valence-electron chi connectivity index (χ0n) is 31.3. The van der Waals surface area contributed by atoms with E-state index in [-0.39, 0.29) is 23.0 Å². The summed E-state index contributed by atoms with van der Waals surface area (Å²) >= 11 is 0. The Labute approximate surface area is 334 Å². The van der Waals surface area contributed by atoms with Gasteiger partial charge in [-0.3, -0.25) is 0 Å². The van der Waals surface area contributed by atoms with Crippen LogP contribution in [0.3, 0.4) is 0 Å². The predicted octanol–water partition coefficient (Wildman–Crippen LogP) is 12.2. The topological polar surface area (TPSA) is 80.9 Å². The molecule has 1 aliphatic rings. The second-order valence-corrected chi connectivity index (χ2v) is 15.6. The molecule has 0 bridgehead atoms. The molecule has 0 fully saturated rings. The summed E-state index contributed by atoms with van der Waals surface area (Å²) in [5, 5.41) is 49.7. The van der Waals surface area contributed by atoms with E-state index in [4.69, 9.17) is 0 Å². The van der Waals surface area contributed by atoms with Gasteiger partial charge in [0.2, 0.25) is 0 Å². The summed E-state index contributed by atoms with van der Waals surface area (Å²) in [6.45, 7) is 0. The van der Waals surface area contributed by atoms with Crippen molar-refractivity contribution in [1.82, 2.24) is 0 Å². The quantitative estimate of drug-likeness (QED) is 0.144. The summed E-state index contributed by atoms with van der Waals surface area (Å²) in [6.07, 6.45) is 0. The second-order valence-electron chi connectivity index (χ2n) is 15.6. The monoisotopic (exact) mass is 748 g/mol. The van der Waals surface area contributed by atoms with E-state index in [0.717, 1.165) is 87.6 Å². The van der Waals surface area contributed by atoms with Crippen LogP contribution >= 0.6 is 0 Å². The molecule has 4 nitrogen and oxygen atoms in total. The standard InChI is InChI=1S/C54H36O4/c55-45-21-13-33-25-41(17-9-37(33)29-45)53(42-18-10-38-30-46(56)22-14-34(38)26-42)49-5-1-2-6-50(49)54(52-8-4-3-7-51(52)53,43-19-11-39-31-47(57)23-15-35(39)27-43)44-20-12-40-32-48(58)24-16-36(40)28-44/h1-32,55-58H. The lowest BCUT2D eigenvalue weighted by Crippen LogP contribution is -2.45. The number of benzene rings is 10. The van der Waals surface area contributed by atoms with Gasteiger partial charge in [0.05, 0.1) is 10.8 Å². The van der Waals surface area contributed by atoms with Crippen LogP contribution in [-0.2, 0) is 10.8 Å². The molecule has 10 aromatic carbocycles. The average Bonchev–Trinajstić information content (AvgIpc) is 3.25. The average molecular weight is 749 g/mol. The molecule has 4 heteroatoms. The Morgan fingerprint density at radius 3 is 0.672 bits per heavy atom. The van der Waals surface area contributed by atoms with Crippen molar-refractivity contribution in [2.24, 2.45) is 0 Å². The minimum atomic E-state index is -0.819. The van der Waals surface area contributed by atoms with Crippen LogP contribution in [-0.4, -0.2) is 20.4 Å². The van der Waals surface area contributed by atoms with Gasteiger partial charge in [0.15, 0.2) is 0 Å². The molecule has 276 valence electrons. The van der Waals surface area contributed by atoms with Gasteiger partial charge in [-0.25, -0.2) is 0 Å². The lowest BCUT2D eigenvalue weighted by Gasteiger charge is -2.51. The first-order chi connectivity index (χ1) is 28.3. The molecular weight excluding hydrogens is 713 g/mol. The van der Waals surface area contributed by atoms with Crippen molar-refractivity contribution < 1.29 is 20.4 Å². The number of phenols is 4. The zero-order valence-corrected chi connectivity index (χ0v) is 31.3. The van der Waals surface area contributed by atoms with Crippen molar-refractivity contribution >= 4 is 43.1 Å². The summed E-state index contributed by atoms with van der Waals surface area (Å²) in [4.78, 5) is 0. The van der Waals surface area contributed by atoms with Crippen LogP contribution in [0.5, 0.6) is 23.0 Å². The number of aromatic hydroxyl groups is 4. The molecule has 0 radical (unpaired) electrons. The number of rotatable bonds is 4. The van der Waals surface area contributed by atoms with Crippen molar-refractivity contribution in [2.45, 2.75) is 10.8 Å². The van der Waals surface area contributed by atoms with Crippen LogP contribution in [0, 0.1) is 0 Å². The zero-order chi connectivity index (χ0) is 39.2. The van der Waals surface area contributed by atoms with Gasteiger partial charge >= 0.3 is 0 Å². The minimum absolute atomic E-state index is 0.224. The molecule has 0 heterocycles. The maximum Gasteiger partial charge on any atom is 0.116 e. The van der Waals surface area contributed by atoms with Gasteiger partial charge in [-0.2, -0.15) is 0 Å². The highest BCUT2D eigenvalue weighted by Crippen LogP contribution is 2.60. The third-order valence-corrected chi connectivity index (χ3v) is 12.5. The highest BCUT2D eigenvalue weighted by molar-refractivity contribution is 5.92. The first kappa shape index (κ1) is 33.8. The van der Waals surface area contributed by atoms with Crippen molar-refractivity contribution in [1.29, 1.82) is 0 Å². The molecule has 0 saturated heterocycles. The highest BCUT2D eigenvalue weighted by Gasteiger charge is 2.53. The normalized spacial score (nSPS) is 14.1. The molecule has 0 aromatic heterocycles. The number of hydrogen-bond donors (Lipinski definition) is 4. The SMILES string of the molecule is Oc1ccc2cc(C3(c4ccc5cc(O)ccc5c4)c4ccccc4C(c4ccc5cc(O)ccc5c4)(c4ccc5cc(O)ccc5c4)c4ccccc43)ccc2c1. The maximum absolute atomic E-state index is 10.4. The van der Waals surface area contributed by atoms with E-state index in [1.807, 2.05) is 24.3 Å². The summed E-state index contributed by atoms with van der Waals surface area (Å²) in [7, 11) is 0. The van der Waals surface area contributed by atoms with Gasteiger partial charge in [0, 0.05) is 0 Å². The Balaban J connectivity index is 1.32. The van der Waals surface area contributed by atoms with Gasteiger partial charge in [-0.05, 0) is 160 Å². The molecule has 0 atom stereocenters. The minimum Gasteiger partial charge on any atom is -0.508 e. The number of hydrogen-bond acceptors (Lipinski definition) is 4. The smallest absolute Gasteiger partial charge is 0.116 e. The Bertz CT molecular complexity index is 2860. The van der Waals surface area contributed by atoms with E-state index >= 15 is 0 Å². The summed E-state index contributed by atoms with van der Waals surface area (Å²) in [5.41, 5.74) is 7.20. The maximum atomic E-state index is 10.4. The first-order valence-corrected chi connectivity index (χ1v) is 19.5. The largest absolute Gasteiger partial charge is 0.508 e. The Morgan fingerprint density at radius 2 is 0.431 bits per heavy atom. The van der Waals surface area contributed by atoms with Crippen LogP contribution < -0.4 is 0 Å². The van der Waals surface area contributed by atoms with E-state index in [1.54, 1.807) is 48.5 Å². The summed E-state index contributed by atoms with van der Waals surface area (Å²) in [5.74, 6) is 0.897. The molecule has 58 heavy (non-hydrogen) atoms. The van der Waals surface area contributed by atoms with E-state index in [0.29, 0.717) is 0 Å². The Hall–Kier alpha value is -7.56. The van der Waals surface area contributed by atoms with Gasteiger partial charge in [-0.15, -0.1) is 0 Å². The van der Waals surface area contributed by atoms with Crippen molar-refractivity contribution in [3.8, 4) is 23.0 Å². The van der Waals surface area contributed by atoms with E-state index in [1.165, 1.54) is 0 Å². The fourth-order valence-corrected chi connectivity index (χ4v) is 10.0. The molecule has 1 aliphatic carbocycles. The molecular formula is C54H36O4. The predicted molar refractivity (Wildman–Crippen MR) is 233 cm³/mol. The van der Waals surface area contributed by atoms with E-state index < -0.39 is 10.8 Å². The molecule has 0 spiro atoms. The van der Waals surface area contributed by atoms with Gasteiger partial charge in [-0.1, -0.05) is 121 Å². The summed E-state index contributed by atoms with van der Waals surface area (Å²) < 4.78 is 0. The lowest BCUT2D eigenvalue weighted by molar-refractivity contribution is 0.475. The third kappa shape index (κ3) is 4.82. The molecule has 0 amide bonds. The van der Waals surface area contributed by atoms with Crippen molar-refractivity contribution in [3.63, 3.8) is 0 Å². The fourth-order valence-electron chi connectivity index (χ4n) is 10.0. The van der Waals surface area contributed by atoms with Crippen LogP contribution in [0.25, 0.3) is 43.1 Å². The van der Waals surface area contributed by atoms with E-state index in [9.17, 15) is 20.4 Å². The first-order valence-electron chi connectivity index (χ1n) is 19.5. The lowest BCUT2D eigenvalue weighted by atomic mass is 9.50. The molecule has 11 rings (SSSR count). The van der Waals surface area contributed by atoms with Crippen LogP contribution in [0.4, 0.5) is 0 Å². The van der Waals surface area contributed by atoms with Gasteiger partial charge < -0.3 is 20.4 Å². The molecule has 0 aliphatic heterocycles.